The highest BCUT2D eigenvalue weighted by Gasteiger charge is 2.12. The van der Waals surface area contributed by atoms with Gasteiger partial charge in [0, 0.05) is 10.9 Å². The molecule has 0 saturated carbocycles. The molecule has 0 fully saturated rings. The van der Waals surface area contributed by atoms with Gasteiger partial charge in [0.1, 0.15) is 5.75 Å². The second kappa shape index (κ2) is 6.83. The lowest BCUT2D eigenvalue weighted by Gasteiger charge is -2.16. The zero-order chi connectivity index (χ0) is 13.7. The van der Waals surface area contributed by atoms with Crippen molar-refractivity contribution in [3.8, 4) is 5.75 Å². The molecule has 2 aromatic rings. The molecule has 0 aromatic heterocycles. The first-order valence-electron chi connectivity index (χ1n) is 6.55. The fraction of sp³-hybridized carbons (Fsp3) is 0.375. The third-order valence-electron chi connectivity index (χ3n) is 3.10. The van der Waals surface area contributed by atoms with Gasteiger partial charge in [-0.05, 0) is 30.7 Å². The van der Waals surface area contributed by atoms with Gasteiger partial charge in [-0.2, -0.15) is 11.8 Å². The standard InChI is InChI=1S/C16H20O2S/c1-12(17)14-9-8-13-6-3-4-7-15(13)16(14)18-10-5-11-19-2/h3-4,6-9,12,17H,5,10-11H2,1-2H3/t12-/m1/s1. The summed E-state index contributed by atoms with van der Waals surface area (Å²) in [7, 11) is 0. The van der Waals surface area contributed by atoms with Crippen molar-refractivity contribution in [3.05, 3.63) is 42.0 Å². The molecule has 2 rings (SSSR count). The van der Waals surface area contributed by atoms with Gasteiger partial charge in [0.05, 0.1) is 12.7 Å². The second-order valence-corrected chi connectivity index (χ2v) is 5.56. The number of aliphatic hydroxyl groups excluding tert-OH is 1. The minimum atomic E-state index is -0.514. The third kappa shape index (κ3) is 3.43. The van der Waals surface area contributed by atoms with Crippen molar-refractivity contribution >= 4 is 22.5 Å². The van der Waals surface area contributed by atoms with Crippen LogP contribution in [0.1, 0.15) is 25.0 Å². The van der Waals surface area contributed by atoms with Gasteiger partial charge in [-0.3, -0.25) is 0 Å². The molecule has 1 N–H and O–H groups in total. The fourth-order valence-corrected chi connectivity index (χ4v) is 2.53. The van der Waals surface area contributed by atoms with E-state index in [1.165, 1.54) is 0 Å². The van der Waals surface area contributed by atoms with Crippen molar-refractivity contribution in [2.24, 2.45) is 0 Å². The summed E-state index contributed by atoms with van der Waals surface area (Å²) in [5, 5.41) is 12.1. The molecule has 19 heavy (non-hydrogen) atoms. The van der Waals surface area contributed by atoms with Crippen LogP contribution in [0.3, 0.4) is 0 Å². The molecule has 0 aliphatic carbocycles. The second-order valence-electron chi connectivity index (χ2n) is 4.58. The monoisotopic (exact) mass is 276 g/mol. The highest BCUT2D eigenvalue weighted by molar-refractivity contribution is 7.98. The highest BCUT2D eigenvalue weighted by Crippen LogP contribution is 2.33. The smallest absolute Gasteiger partial charge is 0.132 e. The van der Waals surface area contributed by atoms with Crippen LogP contribution in [0.2, 0.25) is 0 Å². The Kier molecular flexibility index (Phi) is 5.11. The SMILES string of the molecule is CSCCCOc1c([C@@H](C)O)ccc2ccccc12. The van der Waals surface area contributed by atoms with Crippen LogP contribution >= 0.6 is 11.8 Å². The maximum absolute atomic E-state index is 9.88. The van der Waals surface area contributed by atoms with Gasteiger partial charge < -0.3 is 9.84 Å². The Labute approximate surface area is 118 Å². The van der Waals surface area contributed by atoms with Crippen molar-refractivity contribution in [1.82, 2.24) is 0 Å². The summed E-state index contributed by atoms with van der Waals surface area (Å²) < 4.78 is 5.94. The van der Waals surface area contributed by atoms with Crippen molar-refractivity contribution in [2.75, 3.05) is 18.6 Å². The maximum Gasteiger partial charge on any atom is 0.132 e. The quantitative estimate of drug-likeness (QED) is 0.808. The van der Waals surface area contributed by atoms with Gasteiger partial charge in [0.25, 0.3) is 0 Å². The lowest BCUT2D eigenvalue weighted by molar-refractivity contribution is 0.192. The zero-order valence-corrected chi connectivity index (χ0v) is 12.2. The lowest BCUT2D eigenvalue weighted by Crippen LogP contribution is -2.03. The molecule has 0 spiro atoms. The Hall–Kier alpha value is -1.19. The molecule has 3 heteroatoms. The number of hydrogen-bond acceptors (Lipinski definition) is 3. The van der Waals surface area contributed by atoms with E-state index in [2.05, 4.69) is 12.3 Å². The van der Waals surface area contributed by atoms with Crippen LogP contribution < -0.4 is 4.74 Å². The van der Waals surface area contributed by atoms with Crippen LogP contribution in [0.5, 0.6) is 5.75 Å². The van der Waals surface area contributed by atoms with Crippen LogP contribution in [0.25, 0.3) is 10.8 Å². The van der Waals surface area contributed by atoms with Crippen LogP contribution in [-0.2, 0) is 0 Å². The van der Waals surface area contributed by atoms with E-state index < -0.39 is 6.10 Å². The number of hydrogen-bond donors (Lipinski definition) is 1. The normalized spacial score (nSPS) is 12.6. The summed E-state index contributed by atoms with van der Waals surface area (Å²) in [5.74, 6) is 1.92. The predicted octanol–water partition coefficient (Wildman–Crippen LogP) is 4.03. The molecule has 0 saturated heterocycles. The molecule has 102 valence electrons. The molecule has 0 aliphatic heterocycles. The molecular formula is C16H20O2S. The van der Waals surface area contributed by atoms with E-state index in [1.54, 1.807) is 6.92 Å². The largest absolute Gasteiger partial charge is 0.493 e. The molecule has 0 radical (unpaired) electrons. The Morgan fingerprint density at radius 1 is 1.21 bits per heavy atom. The van der Waals surface area contributed by atoms with E-state index in [0.717, 1.165) is 34.3 Å². The molecule has 0 amide bonds. The number of fused-ring (bicyclic) bond motifs is 1. The molecular weight excluding hydrogens is 256 g/mol. The average Bonchev–Trinajstić information content (AvgIpc) is 2.43. The van der Waals surface area contributed by atoms with Crippen LogP contribution in [0.4, 0.5) is 0 Å². The van der Waals surface area contributed by atoms with Gasteiger partial charge in [0.2, 0.25) is 0 Å². The summed E-state index contributed by atoms with van der Waals surface area (Å²) in [6, 6.07) is 12.1. The van der Waals surface area contributed by atoms with Crippen molar-refractivity contribution in [2.45, 2.75) is 19.4 Å². The van der Waals surface area contributed by atoms with Gasteiger partial charge in [0.15, 0.2) is 0 Å². The summed E-state index contributed by atoms with van der Waals surface area (Å²) in [5.41, 5.74) is 0.864. The van der Waals surface area contributed by atoms with Crippen LogP contribution in [0.15, 0.2) is 36.4 Å². The molecule has 0 unspecified atom stereocenters. The first-order chi connectivity index (χ1) is 9.24. The first kappa shape index (κ1) is 14.2. The minimum absolute atomic E-state index is 0.514. The Morgan fingerprint density at radius 2 is 2.00 bits per heavy atom. The Morgan fingerprint density at radius 3 is 2.74 bits per heavy atom. The number of benzene rings is 2. The highest BCUT2D eigenvalue weighted by atomic mass is 32.2. The lowest BCUT2D eigenvalue weighted by atomic mass is 10.0. The molecule has 0 bridgehead atoms. The summed E-state index contributed by atoms with van der Waals surface area (Å²) in [4.78, 5) is 0. The van der Waals surface area contributed by atoms with Crippen molar-refractivity contribution < 1.29 is 9.84 Å². The fourth-order valence-electron chi connectivity index (χ4n) is 2.13. The van der Waals surface area contributed by atoms with E-state index in [-0.39, 0.29) is 0 Å². The van der Waals surface area contributed by atoms with E-state index >= 15 is 0 Å². The summed E-state index contributed by atoms with van der Waals surface area (Å²) in [6.07, 6.45) is 2.60. The number of ether oxygens (including phenoxy) is 1. The Balaban J connectivity index is 2.33. The topological polar surface area (TPSA) is 29.5 Å². The molecule has 1 atom stereocenters. The summed E-state index contributed by atoms with van der Waals surface area (Å²) >= 11 is 1.82. The average molecular weight is 276 g/mol. The zero-order valence-electron chi connectivity index (χ0n) is 11.4. The van der Waals surface area contributed by atoms with Crippen molar-refractivity contribution in [3.63, 3.8) is 0 Å². The number of aliphatic hydroxyl groups is 1. The molecule has 0 heterocycles. The maximum atomic E-state index is 9.88. The predicted molar refractivity (Wildman–Crippen MR) is 83.1 cm³/mol. The van der Waals surface area contributed by atoms with Crippen molar-refractivity contribution in [1.29, 1.82) is 0 Å². The molecule has 2 nitrogen and oxygen atoms in total. The van der Waals surface area contributed by atoms with Gasteiger partial charge in [-0.15, -0.1) is 0 Å². The van der Waals surface area contributed by atoms with E-state index in [4.69, 9.17) is 4.74 Å². The van der Waals surface area contributed by atoms with Crippen LogP contribution in [-0.4, -0.2) is 23.7 Å². The molecule has 0 aliphatic rings. The van der Waals surface area contributed by atoms with Crippen LogP contribution in [0, 0.1) is 0 Å². The number of rotatable bonds is 6. The molecule has 2 aromatic carbocycles. The number of thioether (sulfide) groups is 1. The van der Waals surface area contributed by atoms with E-state index in [0.29, 0.717) is 6.61 Å². The van der Waals surface area contributed by atoms with Gasteiger partial charge in [-0.1, -0.05) is 36.4 Å². The van der Waals surface area contributed by atoms with E-state index in [9.17, 15) is 5.11 Å². The minimum Gasteiger partial charge on any atom is -0.493 e. The Bertz CT molecular complexity index is 537. The van der Waals surface area contributed by atoms with Gasteiger partial charge >= 0.3 is 0 Å². The first-order valence-corrected chi connectivity index (χ1v) is 7.95. The summed E-state index contributed by atoms with van der Waals surface area (Å²) in [6.45, 7) is 2.47. The van der Waals surface area contributed by atoms with Gasteiger partial charge in [-0.25, -0.2) is 0 Å². The third-order valence-corrected chi connectivity index (χ3v) is 3.80. The van der Waals surface area contributed by atoms with E-state index in [1.807, 2.05) is 42.1 Å².